The lowest BCUT2D eigenvalue weighted by Gasteiger charge is -2.12. The molecule has 1 aliphatic rings. The van der Waals surface area contributed by atoms with Crippen molar-refractivity contribution >= 4 is 21.9 Å². The van der Waals surface area contributed by atoms with E-state index in [-0.39, 0.29) is 11.9 Å². The summed E-state index contributed by atoms with van der Waals surface area (Å²) in [5, 5.41) is 0. The van der Waals surface area contributed by atoms with Crippen LogP contribution in [0.25, 0.3) is 0 Å². The van der Waals surface area contributed by atoms with E-state index in [0.717, 1.165) is 28.4 Å². The molecule has 4 heteroatoms. The van der Waals surface area contributed by atoms with Crippen molar-refractivity contribution in [3.05, 3.63) is 27.7 Å². The molecule has 1 aromatic rings. The van der Waals surface area contributed by atoms with Gasteiger partial charge in [-0.05, 0) is 43.0 Å². The highest BCUT2D eigenvalue weighted by Gasteiger charge is 2.32. The van der Waals surface area contributed by atoms with E-state index >= 15 is 0 Å². The van der Waals surface area contributed by atoms with Crippen LogP contribution < -0.4 is 4.74 Å². The van der Waals surface area contributed by atoms with Crippen molar-refractivity contribution in [2.24, 2.45) is 5.92 Å². The number of halogens is 1. The summed E-state index contributed by atoms with van der Waals surface area (Å²) in [7, 11) is 1.65. The third-order valence-electron chi connectivity index (χ3n) is 2.90. The average Bonchev–Trinajstić information content (AvgIpc) is 3.12. The number of carbonyl (C=O) groups is 1. The number of rotatable bonds is 4. The topological polar surface area (TPSA) is 35.5 Å². The molecule has 0 aromatic heterocycles. The maximum absolute atomic E-state index is 11.6. The van der Waals surface area contributed by atoms with Gasteiger partial charge in [0.1, 0.15) is 5.75 Å². The number of carbonyl (C=O) groups excluding carboxylic acids is 1. The van der Waals surface area contributed by atoms with E-state index < -0.39 is 0 Å². The van der Waals surface area contributed by atoms with Gasteiger partial charge in [-0.2, -0.15) is 0 Å². The molecule has 0 amide bonds. The Morgan fingerprint density at radius 3 is 2.76 bits per heavy atom. The van der Waals surface area contributed by atoms with Gasteiger partial charge in [-0.15, -0.1) is 0 Å². The molecule has 0 radical (unpaired) electrons. The number of ether oxygens (including phenoxy) is 2. The van der Waals surface area contributed by atoms with Crippen LogP contribution in [0.5, 0.6) is 5.75 Å². The molecule has 0 spiro atoms. The SMILES string of the molecule is COCc1c(Br)ccc(OC(=O)C2CC2)c1C. The van der Waals surface area contributed by atoms with Crippen LogP contribution in [-0.2, 0) is 16.1 Å². The highest BCUT2D eigenvalue weighted by molar-refractivity contribution is 9.10. The van der Waals surface area contributed by atoms with Crippen molar-refractivity contribution < 1.29 is 14.3 Å². The van der Waals surface area contributed by atoms with Crippen molar-refractivity contribution in [1.82, 2.24) is 0 Å². The summed E-state index contributed by atoms with van der Waals surface area (Å²) in [5.74, 6) is 0.639. The van der Waals surface area contributed by atoms with Crippen LogP contribution >= 0.6 is 15.9 Å². The van der Waals surface area contributed by atoms with Gasteiger partial charge in [0.15, 0.2) is 0 Å². The van der Waals surface area contributed by atoms with Crippen molar-refractivity contribution in [1.29, 1.82) is 0 Å². The summed E-state index contributed by atoms with van der Waals surface area (Å²) in [4.78, 5) is 11.6. The first kappa shape index (κ1) is 12.6. The number of hydrogen-bond donors (Lipinski definition) is 0. The fourth-order valence-corrected chi connectivity index (χ4v) is 2.19. The van der Waals surface area contributed by atoms with Crippen molar-refractivity contribution in [3.63, 3.8) is 0 Å². The lowest BCUT2D eigenvalue weighted by molar-refractivity contribution is -0.135. The first-order valence-corrected chi connectivity index (χ1v) is 6.41. The van der Waals surface area contributed by atoms with Gasteiger partial charge in [0.25, 0.3) is 0 Å². The summed E-state index contributed by atoms with van der Waals surface area (Å²) in [5.41, 5.74) is 1.98. The van der Waals surface area contributed by atoms with Crippen molar-refractivity contribution in [2.45, 2.75) is 26.4 Å². The minimum Gasteiger partial charge on any atom is -0.426 e. The largest absolute Gasteiger partial charge is 0.426 e. The fraction of sp³-hybridized carbons (Fsp3) is 0.462. The van der Waals surface area contributed by atoms with Crippen molar-refractivity contribution in [2.75, 3.05) is 7.11 Å². The number of esters is 1. The van der Waals surface area contributed by atoms with Crippen LogP contribution in [0, 0.1) is 12.8 Å². The third kappa shape index (κ3) is 2.87. The minimum atomic E-state index is -0.112. The normalized spacial score (nSPS) is 14.8. The van der Waals surface area contributed by atoms with Crippen LogP contribution in [0.15, 0.2) is 16.6 Å². The van der Waals surface area contributed by atoms with Crippen LogP contribution in [0.1, 0.15) is 24.0 Å². The van der Waals surface area contributed by atoms with Gasteiger partial charge < -0.3 is 9.47 Å². The molecule has 0 bridgehead atoms. The maximum Gasteiger partial charge on any atom is 0.314 e. The highest BCUT2D eigenvalue weighted by Crippen LogP contribution is 2.33. The molecule has 1 aliphatic carbocycles. The van der Waals surface area contributed by atoms with Gasteiger partial charge >= 0.3 is 5.97 Å². The smallest absolute Gasteiger partial charge is 0.314 e. The van der Waals surface area contributed by atoms with E-state index in [1.54, 1.807) is 7.11 Å². The molecule has 1 saturated carbocycles. The first-order chi connectivity index (χ1) is 8.13. The fourth-order valence-electron chi connectivity index (χ4n) is 1.65. The minimum absolute atomic E-state index is 0.112. The second kappa shape index (κ2) is 5.19. The summed E-state index contributed by atoms with van der Waals surface area (Å²) >= 11 is 3.47. The van der Waals surface area contributed by atoms with E-state index in [4.69, 9.17) is 9.47 Å². The summed E-state index contributed by atoms with van der Waals surface area (Å²) < 4.78 is 11.5. The third-order valence-corrected chi connectivity index (χ3v) is 3.64. The lowest BCUT2D eigenvalue weighted by Crippen LogP contribution is -2.11. The second-order valence-corrected chi connectivity index (χ2v) is 5.13. The van der Waals surface area contributed by atoms with Crippen LogP contribution in [0.2, 0.25) is 0 Å². The Hall–Kier alpha value is -0.870. The molecule has 1 aromatic carbocycles. The first-order valence-electron chi connectivity index (χ1n) is 5.62. The van der Waals surface area contributed by atoms with E-state index in [0.29, 0.717) is 12.4 Å². The Bertz CT molecular complexity index is 439. The Morgan fingerprint density at radius 2 is 2.18 bits per heavy atom. The van der Waals surface area contributed by atoms with Gasteiger partial charge in [-0.25, -0.2) is 0 Å². The molecule has 3 nitrogen and oxygen atoms in total. The zero-order chi connectivity index (χ0) is 12.4. The van der Waals surface area contributed by atoms with Crippen LogP contribution in [0.4, 0.5) is 0 Å². The molecule has 1 fully saturated rings. The van der Waals surface area contributed by atoms with E-state index in [1.165, 1.54) is 0 Å². The Balaban J connectivity index is 2.21. The molecular formula is C13H15BrO3. The average molecular weight is 299 g/mol. The molecule has 92 valence electrons. The Labute approximate surface area is 109 Å². The second-order valence-electron chi connectivity index (χ2n) is 4.28. The molecule has 0 aliphatic heterocycles. The van der Waals surface area contributed by atoms with Gasteiger partial charge in [-0.3, -0.25) is 4.79 Å². The predicted molar refractivity (Wildman–Crippen MR) is 68.0 cm³/mol. The molecule has 0 saturated heterocycles. The molecule has 2 rings (SSSR count). The number of benzene rings is 1. The Morgan fingerprint density at radius 1 is 1.47 bits per heavy atom. The monoisotopic (exact) mass is 298 g/mol. The van der Waals surface area contributed by atoms with Gasteiger partial charge in [0.05, 0.1) is 12.5 Å². The zero-order valence-corrected chi connectivity index (χ0v) is 11.5. The van der Waals surface area contributed by atoms with Gasteiger partial charge in [0, 0.05) is 11.6 Å². The van der Waals surface area contributed by atoms with Crippen LogP contribution in [0.3, 0.4) is 0 Å². The summed E-state index contributed by atoms with van der Waals surface area (Å²) in [6.45, 7) is 2.44. The Kier molecular flexibility index (Phi) is 3.84. The molecule has 0 unspecified atom stereocenters. The standard InChI is InChI=1S/C13H15BrO3/c1-8-10(7-16-2)11(14)5-6-12(8)17-13(15)9-3-4-9/h5-6,9H,3-4,7H2,1-2H3. The van der Waals surface area contributed by atoms with Crippen molar-refractivity contribution in [3.8, 4) is 5.75 Å². The molecule has 0 heterocycles. The van der Waals surface area contributed by atoms with Gasteiger partial charge in [0.2, 0.25) is 0 Å². The predicted octanol–water partition coefficient (Wildman–Crippen LogP) is 3.22. The van der Waals surface area contributed by atoms with E-state index in [2.05, 4.69) is 15.9 Å². The van der Waals surface area contributed by atoms with Gasteiger partial charge in [-0.1, -0.05) is 15.9 Å². The molecular weight excluding hydrogens is 284 g/mol. The molecule has 17 heavy (non-hydrogen) atoms. The highest BCUT2D eigenvalue weighted by atomic mass is 79.9. The number of hydrogen-bond acceptors (Lipinski definition) is 3. The maximum atomic E-state index is 11.6. The molecule has 0 atom stereocenters. The quantitative estimate of drug-likeness (QED) is 0.632. The molecule has 0 N–H and O–H groups in total. The number of methoxy groups -OCH3 is 1. The van der Waals surface area contributed by atoms with Crippen LogP contribution in [-0.4, -0.2) is 13.1 Å². The van der Waals surface area contributed by atoms with E-state index in [9.17, 15) is 4.79 Å². The zero-order valence-electron chi connectivity index (χ0n) is 9.96. The lowest BCUT2D eigenvalue weighted by atomic mass is 10.1. The van der Waals surface area contributed by atoms with E-state index in [1.807, 2.05) is 19.1 Å². The summed E-state index contributed by atoms with van der Waals surface area (Å²) in [6, 6.07) is 3.70. The summed E-state index contributed by atoms with van der Waals surface area (Å²) in [6.07, 6.45) is 1.92.